The number of carbonyl (C=O) groups is 2. The zero-order valence-corrected chi connectivity index (χ0v) is 20.0. The van der Waals surface area contributed by atoms with Gasteiger partial charge in [0.25, 0.3) is 0 Å². The fourth-order valence-corrected chi connectivity index (χ4v) is 5.38. The van der Waals surface area contributed by atoms with E-state index in [0.717, 1.165) is 21.6 Å². The number of benzene rings is 1. The van der Waals surface area contributed by atoms with Crippen LogP contribution in [0.1, 0.15) is 18.4 Å². The van der Waals surface area contributed by atoms with Crippen LogP contribution in [0.25, 0.3) is 10.2 Å². The van der Waals surface area contributed by atoms with Gasteiger partial charge in [-0.2, -0.15) is 4.98 Å². The molecule has 2 fully saturated rings. The Morgan fingerprint density at radius 3 is 2.73 bits per heavy atom. The molecule has 0 unspecified atom stereocenters. The number of anilines is 2. The Balaban J connectivity index is 1.29. The highest BCUT2D eigenvalue weighted by molar-refractivity contribution is 7.17. The average molecular weight is 505 g/mol. The van der Waals surface area contributed by atoms with Crippen LogP contribution in [-0.4, -0.2) is 58.9 Å². The number of nitrogens with one attached hydrogen (secondary N) is 2. The van der Waals surface area contributed by atoms with Crippen molar-refractivity contribution in [2.24, 2.45) is 0 Å². The van der Waals surface area contributed by atoms with E-state index in [1.807, 2.05) is 28.5 Å². The van der Waals surface area contributed by atoms with E-state index in [1.165, 1.54) is 0 Å². The molecule has 0 spiro atoms. The van der Waals surface area contributed by atoms with Crippen molar-refractivity contribution in [3.8, 4) is 0 Å². The van der Waals surface area contributed by atoms with Crippen LogP contribution in [-0.2, 0) is 16.1 Å². The summed E-state index contributed by atoms with van der Waals surface area (Å²) < 4.78 is 0.981. The van der Waals surface area contributed by atoms with E-state index >= 15 is 0 Å². The molecule has 1 atom stereocenters. The Kier molecular flexibility index (Phi) is 6.27. The molecule has 2 amide bonds. The third kappa shape index (κ3) is 4.71. The Morgan fingerprint density at radius 1 is 1.18 bits per heavy atom. The summed E-state index contributed by atoms with van der Waals surface area (Å²) in [5.41, 5.74) is 1.80. The van der Waals surface area contributed by atoms with Crippen molar-refractivity contribution in [2.75, 3.05) is 36.4 Å². The smallest absolute Gasteiger partial charge is 0.245 e. The van der Waals surface area contributed by atoms with E-state index in [4.69, 9.17) is 33.2 Å². The number of thiophene rings is 1. The van der Waals surface area contributed by atoms with Crippen LogP contribution >= 0.6 is 34.5 Å². The van der Waals surface area contributed by atoms with E-state index in [9.17, 15) is 9.59 Å². The maximum Gasteiger partial charge on any atom is 0.245 e. The Labute approximate surface area is 204 Å². The van der Waals surface area contributed by atoms with Gasteiger partial charge in [0.05, 0.1) is 10.2 Å². The van der Waals surface area contributed by atoms with Crippen molar-refractivity contribution in [3.63, 3.8) is 0 Å². The van der Waals surface area contributed by atoms with Crippen molar-refractivity contribution < 1.29 is 9.59 Å². The van der Waals surface area contributed by atoms with Gasteiger partial charge in [0, 0.05) is 49.2 Å². The molecule has 2 N–H and O–H groups in total. The molecule has 1 aromatic carbocycles. The molecule has 2 aromatic heterocycles. The predicted octanol–water partition coefficient (Wildman–Crippen LogP) is 3.54. The van der Waals surface area contributed by atoms with Crippen LogP contribution in [0.2, 0.25) is 10.0 Å². The topological polar surface area (TPSA) is 90.5 Å². The van der Waals surface area contributed by atoms with Crippen LogP contribution in [0.3, 0.4) is 0 Å². The molecule has 0 aliphatic carbocycles. The predicted molar refractivity (Wildman–Crippen MR) is 131 cm³/mol. The van der Waals surface area contributed by atoms with E-state index in [2.05, 4.69) is 15.5 Å². The Bertz CT molecular complexity index is 1210. The monoisotopic (exact) mass is 504 g/mol. The number of fused-ring (bicyclic) bond motifs is 1. The quantitative estimate of drug-likeness (QED) is 0.552. The van der Waals surface area contributed by atoms with Crippen molar-refractivity contribution in [2.45, 2.75) is 25.4 Å². The van der Waals surface area contributed by atoms with E-state index in [0.29, 0.717) is 61.6 Å². The first-order valence-corrected chi connectivity index (χ1v) is 12.4. The highest BCUT2D eigenvalue weighted by atomic mass is 35.5. The first-order valence-electron chi connectivity index (χ1n) is 10.7. The Morgan fingerprint density at radius 2 is 2.00 bits per heavy atom. The zero-order valence-electron chi connectivity index (χ0n) is 17.7. The van der Waals surface area contributed by atoms with Crippen molar-refractivity contribution >= 4 is 68.3 Å². The molecule has 11 heteroatoms. The molecule has 0 radical (unpaired) electrons. The number of amides is 2. The second kappa shape index (κ2) is 9.32. The summed E-state index contributed by atoms with van der Waals surface area (Å²) in [5.74, 6) is 1.33. The van der Waals surface area contributed by atoms with Gasteiger partial charge in [-0.3, -0.25) is 9.59 Å². The maximum absolute atomic E-state index is 12.7. The van der Waals surface area contributed by atoms with Gasteiger partial charge < -0.3 is 20.4 Å². The second-order valence-electron chi connectivity index (χ2n) is 8.07. The van der Waals surface area contributed by atoms with E-state index < -0.39 is 6.04 Å². The molecule has 2 aliphatic heterocycles. The number of nitrogens with zero attached hydrogens (tertiary/aromatic N) is 4. The van der Waals surface area contributed by atoms with Gasteiger partial charge in [-0.05, 0) is 35.6 Å². The largest absolute Gasteiger partial charge is 0.365 e. The molecule has 3 aromatic rings. The summed E-state index contributed by atoms with van der Waals surface area (Å²) in [7, 11) is 0. The van der Waals surface area contributed by atoms with Crippen LogP contribution in [0.15, 0.2) is 29.6 Å². The molecule has 172 valence electrons. The number of carbonyl (C=O) groups excluding carboxylic acids is 2. The lowest BCUT2D eigenvalue weighted by Gasteiger charge is -2.36. The first kappa shape index (κ1) is 22.2. The Hall–Kier alpha value is -2.62. The molecule has 5 rings (SSSR count). The molecule has 0 bridgehead atoms. The van der Waals surface area contributed by atoms with Crippen LogP contribution in [0.4, 0.5) is 11.8 Å². The minimum absolute atomic E-state index is 0.00287. The number of rotatable bonds is 5. The lowest BCUT2D eigenvalue weighted by Crippen LogP contribution is -2.53. The van der Waals surface area contributed by atoms with Gasteiger partial charge in [0.1, 0.15) is 11.9 Å². The normalized spacial score (nSPS) is 18.6. The molecule has 2 saturated heterocycles. The molecule has 0 saturated carbocycles. The molecule has 2 aliphatic rings. The van der Waals surface area contributed by atoms with Gasteiger partial charge in [-0.25, -0.2) is 4.98 Å². The second-order valence-corrected chi connectivity index (χ2v) is 9.83. The molecule has 8 nitrogen and oxygen atoms in total. The van der Waals surface area contributed by atoms with Gasteiger partial charge in [-0.1, -0.05) is 29.3 Å². The molecular weight excluding hydrogens is 483 g/mol. The highest BCUT2D eigenvalue weighted by Gasteiger charge is 2.32. The van der Waals surface area contributed by atoms with Crippen LogP contribution in [0, 0.1) is 0 Å². The SMILES string of the molecule is O=C1CC[C@H](C(=O)N2CCN(c3nc(NCc4ccc(Cl)cc4Cl)c4sccc4n3)CC2)N1. The maximum atomic E-state index is 12.7. The number of halogens is 2. The fourth-order valence-electron chi connectivity index (χ4n) is 4.10. The number of hydrogen-bond acceptors (Lipinski definition) is 7. The van der Waals surface area contributed by atoms with E-state index in [1.54, 1.807) is 17.4 Å². The molecule has 33 heavy (non-hydrogen) atoms. The van der Waals surface area contributed by atoms with Crippen molar-refractivity contribution in [1.82, 2.24) is 20.2 Å². The fraction of sp³-hybridized carbons (Fsp3) is 0.364. The summed E-state index contributed by atoms with van der Waals surface area (Å²) >= 11 is 13.9. The van der Waals surface area contributed by atoms with Crippen LogP contribution in [0.5, 0.6) is 0 Å². The lowest BCUT2D eigenvalue weighted by atomic mass is 10.2. The minimum Gasteiger partial charge on any atom is -0.365 e. The molecular formula is C22H22Cl2N6O2S. The van der Waals surface area contributed by atoms with Crippen molar-refractivity contribution in [3.05, 3.63) is 45.3 Å². The summed E-state index contributed by atoms with van der Waals surface area (Å²) in [5, 5.41) is 9.36. The highest BCUT2D eigenvalue weighted by Crippen LogP contribution is 2.30. The van der Waals surface area contributed by atoms with E-state index in [-0.39, 0.29) is 11.8 Å². The number of aromatic nitrogens is 2. The summed E-state index contributed by atoms with van der Waals surface area (Å²) in [6.45, 7) is 2.91. The number of hydrogen-bond donors (Lipinski definition) is 2. The average Bonchev–Trinajstić information content (AvgIpc) is 3.47. The van der Waals surface area contributed by atoms with Gasteiger partial charge in [0.15, 0.2) is 0 Å². The first-order chi connectivity index (χ1) is 16.0. The lowest BCUT2D eigenvalue weighted by molar-refractivity contribution is -0.134. The van der Waals surface area contributed by atoms with Crippen molar-refractivity contribution in [1.29, 1.82) is 0 Å². The van der Waals surface area contributed by atoms with Gasteiger partial charge in [-0.15, -0.1) is 11.3 Å². The zero-order chi connectivity index (χ0) is 22.9. The van der Waals surface area contributed by atoms with Crippen LogP contribution < -0.4 is 15.5 Å². The standard InChI is InChI=1S/C22H22Cl2N6O2S/c23-14-2-1-13(15(24)11-14)12-25-20-19-16(5-10-33-19)27-22(28-20)30-8-6-29(7-9-30)21(32)17-3-4-18(31)26-17/h1-2,5,10-11,17H,3-4,6-9,12H2,(H,26,31)(H,25,27,28)/t17-/m1/s1. The third-order valence-corrected chi connectivity index (χ3v) is 7.42. The molecule has 4 heterocycles. The summed E-state index contributed by atoms with van der Waals surface area (Å²) in [4.78, 5) is 37.6. The number of piperazine rings is 1. The third-order valence-electron chi connectivity index (χ3n) is 5.92. The summed E-state index contributed by atoms with van der Waals surface area (Å²) in [6, 6.07) is 7.03. The minimum atomic E-state index is -0.391. The van der Waals surface area contributed by atoms with Gasteiger partial charge >= 0.3 is 0 Å². The van der Waals surface area contributed by atoms with Gasteiger partial charge in [0.2, 0.25) is 17.8 Å². The summed E-state index contributed by atoms with van der Waals surface area (Å²) in [6.07, 6.45) is 0.990.